The van der Waals surface area contributed by atoms with Gasteiger partial charge in [-0.15, -0.1) is 0 Å². The highest BCUT2D eigenvalue weighted by atomic mass is 14.9. The first kappa shape index (κ1) is 13.9. The highest BCUT2D eigenvalue weighted by Gasteiger charge is 2.04. The summed E-state index contributed by atoms with van der Waals surface area (Å²) in [6.07, 6.45) is 2.14. The van der Waals surface area contributed by atoms with E-state index >= 15 is 0 Å². The Balaban J connectivity index is 2.25. The summed E-state index contributed by atoms with van der Waals surface area (Å²) in [4.78, 5) is 13.8. The van der Waals surface area contributed by atoms with Gasteiger partial charge in [-0.2, -0.15) is 0 Å². The van der Waals surface area contributed by atoms with Gasteiger partial charge in [0.2, 0.25) is 0 Å². The molecule has 4 nitrogen and oxygen atoms in total. The number of hydrogen-bond donors (Lipinski definition) is 1. The molecule has 0 spiro atoms. The molecule has 0 aromatic carbocycles. The largest absolute Gasteiger partial charge is 0.317 e. The zero-order chi connectivity index (χ0) is 13.5. The van der Waals surface area contributed by atoms with Crippen LogP contribution in [0.25, 0.3) is 0 Å². The van der Waals surface area contributed by atoms with Crippen LogP contribution >= 0.6 is 0 Å². The first-order valence-electron chi connectivity index (χ1n) is 6.98. The Morgan fingerprint density at radius 1 is 0.895 bits per heavy atom. The maximum atomic E-state index is 4.65. The van der Waals surface area contributed by atoms with E-state index in [1.165, 1.54) is 0 Å². The van der Waals surface area contributed by atoms with Crippen molar-refractivity contribution in [1.82, 2.24) is 10.3 Å². The Labute approximate surface area is 115 Å². The molecule has 0 aliphatic carbocycles. The fourth-order valence-electron chi connectivity index (χ4n) is 2.03. The molecular formula is C15H22N4. The van der Waals surface area contributed by atoms with Crippen molar-refractivity contribution >= 4 is 11.4 Å². The molecule has 1 aromatic rings. The Kier molecular flexibility index (Phi) is 5.21. The molecule has 2 bridgehead atoms. The Bertz CT molecular complexity index is 438. The van der Waals surface area contributed by atoms with E-state index < -0.39 is 0 Å². The van der Waals surface area contributed by atoms with Gasteiger partial charge in [0.05, 0.1) is 22.8 Å². The monoisotopic (exact) mass is 258 g/mol. The number of hydrogen-bond acceptors (Lipinski definition) is 4. The quantitative estimate of drug-likeness (QED) is 0.774. The maximum Gasteiger partial charge on any atom is 0.0845 e. The van der Waals surface area contributed by atoms with Crippen LogP contribution in [-0.2, 0) is 0 Å². The van der Waals surface area contributed by atoms with E-state index in [4.69, 9.17) is 0 Å². The van der Waals surface area contributed by atoms with Crippen LogP contribution in [0.4, 0.5) is 0 Å². The van der Waals surface area contributed by atoms with E-state index in [1.54, 1.807) is 0 Å². The van der Waals surface area contributed by atoms with Gasteiger partial charge < -0.3 is 5.32 Å². The molecule has 102 valence electrons. The van der Waals surface area contributed by atoms with E-state index in [0.29, 0.717) is 0 Å². The molecule has 1 aliphatic heterocycles. The summed E-state index contributed by atoms with van der Waals surface area (Å²) in [6, 6.07) is 6.06. The van der Waals surface area contributed by atoms with Crippen molar-refractivity contribution in [3.63, 3.8) is 0 Å². The minimum absolute atomic E-state index is 0.859. The maximum absolute atomic E-state index is 4.65. The van der Waals surface area contributed by atoms with Gasteiger partial charge in [-0.25, -0.2) is 4.98 Å². The summed E-state index contributed by atoms with van der Waals surface area (Å²) >= 11 is 0. The molecule has 4 heteroatoms. The summed E-state index contributed by atoms with van der Waals surface area (Å²) < 4.78 is 0. The van der Waals surface area contributed by atoms with Gasteiger partial charge in [0.25, 0.3) is 0 Å². The van der Waals surface area contributed by atoms with Gasteiger partial charge in [-0.05, 0) is 51.9 Å². The van der Waals surface area contributed by atoms with Crippen molar-refractivity contribution in [3.05, 3.63) is 29.6 Å². The van der Waals surface area contributed by atoms with Gasteiger partial charge in [-0.1, -0.05) is 6.07 Å². The first-order chi connectivity index (χ1) is 9.27. The SMILES string of the molecule is C/C1=N/CCCNCCC/N=C(/C)c2cccc1n2. The lowest BCUT2D eigenvalue weighted by Gasteiger charge is -2.07. The Morgan fingerprint density at radius 2 is 1.42 bits per heavy atom. The molecule has 0 atom stereocenters. The number of nitrogens with one attached hydrogen (secondary N) is 1. The van der Waals surface area contributed by atoms with Crippen LogP contribution in [0, 0.1) is 0 Å². The van der Waals surface area contributed by atoms with Crippen LogP contribution in [-0.4, -0.2) is 42.6 Å². The van der Waals surface area contributed by atoms with Crippen molar-refractivity contribution in [2.24, 2.45) is 9.98 Å². The predicted molar refractivity (Wildman–Crippen MR) is 80.5 cm³/mol. The predicted octanol–water partition coefficient (Wildman–Crippen LogP) is 2.08. The Morgan fingerprint density at radius 3 is 1.95 bits per heavy atom. The smallest absolute Gasteiger partial charge is 0.0845 e. The number of aromatic nitrogens is 1. The third-order valence-electron chi connectivity index (χ3n) is 3.21. The van der Waals surface area contributed by atoms with Gasteiger partial charge in [0.1, 0.15) is 0 Å². The lowest BCUT2D eigenvalue weighted by molar-refractivity contribution is 0.632. The van der Waals surface area contributed by atoms with E-state index in [2.05, 4.69) is 20.3 Å². The summed E-state index contributed by atoms with van der Waals surface area (Å²) in [5.74, 6) is 0. The number of nitrogens with zero attached hydrogens (tertiary/aromatic N) is 3. The van der Waals surface area contributed by atoms with Gasteiger partial charge in [0, 0.05) is 13.1 Å². The van der Waals surface area contributed by atoms with Gasteiger partial charge in [-0.3, -0.25) is 9.98 Å². The minimum Gasteiger partial charge on any atom is -0.317 e. The van der Waals surface area contributed by atoms with Crippen molar-refractivity contribution in [2.75, 3.05) is 26.2 Å². The average molecular weight is 258 g/mol. The molecule has 19 heavy (non-hydrogen) atoms. The molecule has 0 fully saturated rings. The second-order valence-electron chi connectivity index (χ2n) is 4.80. The molecule has 2 rings (SSSR count). The summed E-state index contributed by atoms with van der Waals surface area (Å²) in [7, 11) is 0. The molecule has 0 radical (unpaired) electrons. The van der Waals surface area contributed by atoms with E-state index in [1.807, 2.05) is 32.0 Å². The normalized spacial score (nSPS) is 23.7. The van der Waals surface area contributed by atoms with Crippen molar-refractivity contribution in [2.45, 2.75) is 26.7 Å². The summed E-state index contributed by atoms with van der Waals surface area (Å²) in [5.41, 5.74) is 3.92. The fourth-order valence-corrected chi connectivity index (χ4v) is 2.03. The van der Waals surface area contributed by atoms with E-state index in [9.17, 15) is 0 Å². The molecule has 0 saturated carbocycles. The average Bonchev–Trinajstić information content (AvgIpc) is 2.44. The zero-order valence-corrected chi connectivity index (χ0v) is 11.8. The zero-order valence-electron chi connectivity index (χ0n) is 11.8. The van der Waals surface area contributed by atoms with Crippen molar-refractivity contribution < 1.29 is 0 Å². The van der Waals surface area contributed by atoms with Crippen molar-refractivity contribution in [3.8, 4) is 0 Å². The molecule has 0 saturated heterocycles. The van der Waals surface area contributed by atoms with Crippen molar-refractivity contribution in [1.29, 1.82) is 0 Å². The van der Waals surface area contributed by atoms with Gasteiger partial charge >= 0.3 is 0 Å². The third-order valence-corrected chi connectivity index (χ3v) is 3.21. The molecule has 1 aromatic heterocycles. The van der Waals surface area contributed by atoms with Crippen LogP contribution < -0.4 is 5.32 Å². The first-order valence-corrected chi connectivity index (χ1v) is 6.98. The third kappa shape index (κ3) is 4.24. The van der Waals surface area contributed by atoms with Crippen LogP contribution in [0.2, 0.25) is 0 Å². The lowest BCUT2D eigenvalue weighted by Crippen LogP contribution is -2.18. The molecule has 1 aliphatic rings. The molecule has 2 heterocycles. The van der Waals surface area contributed by atoms with Gasteiger partial charge in [0.15, 0.2) is 0 Å². The molecule has 1 N–H and O–H groups in total. The van der Waals surface area contributed by atoms with E-state index in [0.717, 1.165) is 61.8 Å². The highest BCUT2D eigenvalue weighted by Crippen LogP contribution is 2.04. The number of aliphatic imine (C=N–C) groups is 2. The number of pyridine rings is 1. The highest BCUT2D eigenvalue weighted by molar-refractivity contribution is 6.00. The number of fused-ring (bicyclic) bond motifs is 2. The standard InChI is InChI=1S/C15H22N4/c1-12-14-6-3-7-15(19-14)13(2)18-11-5-9-16-8-4-10-17-12/h3,6-7,16H,4-5,8-11H2,1-2H3/b17-12-,18-13-. The van der Waals surface area contributed by atoms with Crippen LogP contribution in [0.3, 0.4) is 0 Å². The topological polar surface area (TPSA) is 49.6 Å². The second kappa shape index (κ2) is 7.14. The molecule has 0 amide bonds. The molecule has 0 unspecified atom stereocenters. The van der Waals surface area contributed by atoms with Crippen LogP contribution in [0.1, 0.15) is 38.1 Å². The van der Waals surface area contributed by atoms with Crippen LogP contribution in [0.15, 0.2) is 28.2 Å². The Hall–Kier alpha value is -1.55. The van der Waals surface area contributed by atoms with Crippen LogP contribution in [0.5, 0.6) is 0 Å². The summed E-state index contributed by atoms with van der Waals surface area (Å²) in [5, 5.41) is 3.42. The minimum atomic E-state index is 0.859. The van der Waals surface area contributed by atoms with E-state index in [-0.39, 0.29) is 0 Å². The second-order valence-corrected chi connectivity index (χ2v) is 4.80. The lowest BCUT2D eigenvalue weighted by atomic mass is 10.2. The fraction of sp³-hybridized carbons (Fsp3) is 0.533. The number of rotatable bonds is 0. The summed E-state index contributed by atoms with van der Waals surface area (Å²) in [6.45, 7) is 7.81. The molecular weight excluding hydrogens is 236 g/mol.